The average Bonchev–Trinajstić information content (AvgIpc) is 2.09. The predicted molar refractivity (Wildman–Crippen MR) is 46.1 cm³/mol. The molecule has 0 atom stereocenters. The van der Waals surface area contributed by atoms with E-state index in [-0.39, 0.29) is 10.7 Å². The Balaban J connectivity index is 3.39. The first-order valence-electron chi connectivity index (χ1n) is 3.57. The molecule has 0 unspecified atom stereocenters. The van der Waals surface area contributed by atoms with E-state index in [9.17, 15) is 9.59 Å². The van der Waals surface area contributed by atoms with E-state index in [1.807, 2.05) is 0 Å². The van der Waals surface area contributed by atoms with Gasteiger partial charge in [-0.25, -0.2) is 9.48 Å². The highest BCUT2D eigenvalue weighted by Crippen LogP contribution is 2.02. The van der Waals surface area contributed by atoms with Gasteiger partial charge in [0, 0.05) is 6.54 Å². The summed E-state index contributed by atoms with van der Waals surface area (Å²) in [4.78, 5) is 21.6. The third-order valence-electron chi connectivity index (χ3n) is 1.45. The molecule has 1 N–H and O–H groups in total. The number of hydrogen-bond acceptors (Lipinski definition) is 3. The molecule has 6 heteroatoms. The molecule has 1 aromatic heterocycles. The molecular formula is C7H7ClN2O3. The molecule has 0 bridgehead atoms. The predicted octanol–water partition coefficient (Wildman–Crippen LogP) is 0.615. The van der Waals surface area contributed by atoms with Crippen molar-refractivity contribution in [2.75, 3.05) is 0 Å². The van der Waals surface area contributed by atoms with Crippen molar-refractivity contribution < 1.29 is 9.90 Å². The number of halogens is 1. The van der Waals surface area contributed by atoms with Gasteiger partial charge in [0.25, 0.3) is 5.56 Å². The molecule has 0 aliphatic heterocycles. The Labute approximate surface area is 78.6 Å². The van der Waals surface area contributed by atoms with Gasteiger partial charge in [-0.3, -0.25) is 4.79 Å². The van der Waals surface area contributed by atoms with E-state index in [4.69, 9.17) is 16.7 Å². The van der Waals surface area contributed by atoms with Crippen LogP contribution < -0.4 is 5.56 Å². The molecule has 1 aromatic rings. The number of carboxylic acids is 1. The van der Waals surface area contributed by atoms with Gasteiger partial charge in [-0.15, -0.1) is 0 Å². The number of aromatic nitrogens is 2. The molecule has 0 aromatic carbocycles. The Bertz CT molecular complexity index is 399. The number of aryl methyl sites for hydroxylation is 1. The first kappa shape index (κ1) is 9.73. The lowest BCUT2D eigenvalue weighted by Crippen LogP contribution is -2.24. The van der Waals surface area contributed by atoms with E-state index in [1.54, 1.807) is 6.92 Å². The summed E-state index contributed by atoms with van der Waals surface area (Å²) in [5.74, 6) is -1.20. The lowest BCUT2D eigenvalue weighted by atomic mass is 10.4. The molecule has 13 heavy (non-hydrogen) atoms. The summed E-state index contributed by atoms with van der Waals surface area (Å²) in [5, 5.41) is 12.0. The van der Waals surface area contributed by atoms with Crippen molar-refractivity contribution in [2.24, 2.45) is 0 Å². The summed E-state index contributed by atoms with van der Waals surface area (Å²) in [7, 11) is 0. The largest absolute Gasteiger partial charge is 0.476 e. The molecule has 0 saturated carbocycles. The number of nitrogens with zero attached hydrogens (tertiary/aromatic N) is 2. The van der Waals surface area contributed by atoms with Crippen molar-refractivity contribution in [1.29, 1.82) is 0 Å². The monoisotopic (exact) mass is 202 g/mol. The normalized spacial score (nSPS) is 10.0. The molecule has 0 saturated heterocycles. The van der Waals surface area contributed by atoms with Crippen LogP contribution in [0, 0.1) is 0 Å². The molecular weight excluding hydrogens is 196 g/mol. The first-order valence-corrected chi connectivity index (χ1v) is 3.95. The van der Waals surface area contributed by atoms with Gasteiger partial charge in [0.15, 0.2) is 5.69 Å². The number of aromatic carboxylic acids is 1. The highest BCUT2D eigenvalue weighted by molar-refractivity contribution is 6.30. The molecule has 0 radical (unpaired) electrons. The Hall–Kier alpha value is -1.36. The number of carboxylic acid groups (broad SMARTS) is 1. The van der Waals surface area contributed by atoms with E-state index >= 15 is 0 Å². The topological polar surface area (TPSA) is 72.2 Å². The lowest BCUT2D eigenvalue weighted by molar-refractivity contribution is 0.0687. The second-order valence-electron chi connectivity index (χ2n) is 2.30. The van der Waals surface area contributed by atoms with Gasteiger partial charge in [-0.1, -0.05) is 11.6 Å². The quantitative estimate of drug-likeness (QED) is 0.763. The standard InChI is InChI=1S/C7H7ClN2O3/c1-2-10-6(11)4(8)3-5(9-10)7(12)13/h3H,2H2,1H3,(H,12,13). The fraction of sp³-hybridized carbons (Fsp3) is 0.286. The van der Waals surface area contributed by atoms with Crippen LogP contribution in [0.25, 0.3) is 0 Å². The number of hydrogen-bond donors (Lipinski definition) is 1. The maximum Gasteiger partial charge on any atom is 0.356 e. The van der Waals surface area contributed by atoms with E-state index in [0.717, 1.165) is 10.7 Å². The molecule has 0 aliphatic rings. The third-order valence-corrected chi connectivity index (χ3v) is 1.72. The molecule has 0 fully saturated rings. The maximum atomic E-state index is 11.2. The second kappa shape index (κ2) is 3.57. The van der Waals surface area contributed by atoms with Gasteiger partial charge in [-0.05, 0) is 13.0 Å². The van der Waals surface area contributed by atoms with Crippen molar-refractivity contribution in [2.45, 2.75) is 13.5 Å². The fourth-order valence-corrected chi connectivity index (χ4v) is 1.03. The fourth-order valence-electron chi connectivity index (χ4n) is 0.828. The van der Waals surface area contributed by atoms with Crippen molar-refractivity contribution in [3.63, 3.8) is 0 Å². The van der Waals surface area contributed by atoms with E-state index in [1.165, 1.54) is 0 Å². The summed E-state index contributed by atoms with van der Waals surface area (Å²) in [5.41, 5.74) is -0.708. The third kappa shape index (κ3) is 1.86. The van der Waals surface area contributed by atoms with Gasteiger partial charge in [-0.2, -0.15) is 5.10 Å². The zero-order chi connectivity index (χ0) is 10.0. The Kier molecular flexibility index (Phi) is 2.67. The molecule has 1 heterocycles. The second-order valence-corrected chi connectivity index (χ2v) is 2.71. The van der Waals surface area contributed by atoms with Crippen LogP contribution in [0.5, 0.6) is 0 Å². The molecule has 1 rings (SSSR count). The van der Waals surface area contributed by atoms with Crippen molar-refractivity contribution in [3.8, 4) is 0 Å². The van der Waals surface area contributed by atoms with Crippen molar-refractivity contribution >= 4 is 17.6 Å². The summed E-state index contributed by atoms with van der Waals surface area (Å²) in [6.07, 6.45) is 0. The van der Waals surface area contributed by atoms with Gasteiger partial charge >= 0.3 is 5.97 Å². The van der Waals surface area contributed by atoms with E-state index in [0.29, 0.717) is 6.54 Å². The lowest BCUT2D eigenvalue weighted by Gasteiger charge is -2.01. The van der Waals surface area contributed by atoms with Crippen LogP contribution in [-0.4, -0.2) is 20.9 Å². The van der Waals surface area contributed by atoms with E-state index < -0.39 is 11.5 Å². The van der Waals surface area contributed by atoms with E-state index in [2.05, 4.69) is 5.10 Å². The van der Waals surface area contributed by atoms with Gasteiger partial charge in [0.1, 0.15) is 5.02 Å². The average molecular weight is 203 g/mol. The molecule has 0 spiro atoms. The molecule has 5 nitrogen and oxygen atoms in total. The van der Waals surface area contributed by atoms with Crippen LogP contribution in [0.1, 0.15) is 17.4 Å². The van der Waals surface area contributed by atoms with Gasteiger partial charge in [0.2, 0.25) is 0 Å². The summed E-state index contributed by atoms with van der Waals surface area (Å²) >= 11 is 5.51. The Morgan fingerprint density at radius 3 is 2.85 bits per heavy atom. The highest BCUT2D eigenvalue weighted by atomic mass is 35.5. The smallest absolute Gasteiger partial charge is 0.356 e. The first-order chi connectivity index (χ1) is 6.06. The Morgan fingerprint density at radius 1 is 1.77 bits per heavy atom. The van der Waals surface area contributed by atoms with Crippen LogP contribution in [-0.2, 0) is 6.54 Å². The molecule has 70 valence electrons. The summed E-state index contributed by atoms with van der Waals surface area (Å²) < 4.78 is 1.01. The zero-order valence-corrected chi connectivity index (χ0v) is 7.58. The van der Waals surface area contributed by atoms with Crippen molar-refractivity contribution in [1.82, 2.24) is 9.78 Å². The van der Waals surface area contributed by atoms with Gasteiger partial charge in [0.05, 0.1) is 0 Å². The van der Waals surface area contributed by atoms with Gasteiger partial charge < -0.3 is 5.11 Å². The zero-order valence-electron chi connectivity index (χ0n) is 6.82. The maximum absolute atomic E-state index is 11.2. The minimum absolute atomic E-state index is 0.130. The van der Waals surface area contributed by atoms with Crippen LogP contribution in [0.3, 0.4) is 0 Å². The minimum Gasteiger partial charge on any atom is -0.476 e. The number of rotatable bonds is 2. The minimum atomic E-state index is -1.20. The van der Waals surface area contributed by atoms with Crippen LogP contribution in [0.4, 0.5) is 0 Å². The molecule has 0 amide bonds. The van der Waals surface area contributed by atoms with Crippen LogP contribution >= 0.6 is 11.6 Å². The summed E-state index contributed by atoms with van der Waals surface area (Å²) in [6.45, 7) is 1.97. The van der Waals surface area contributed by atoms with Crippen LogP contribution in [0.2, 0.25) is 5.02 Å². The highest BCUT2D eigenvalue weighted by Gasteiger charge is 2.10. The summed E-state index contributed by atoms with van der Waals surface area (Å²) in [6, 6.07) is 1.04. The van der Waals surface area contributed by atoms with Crippen LogP contribution in [0.15, 0.2) is 10.9 Å². The number of carbonyl (C=O) groups is 1. The van der Waals surface area contributed by atoms with Crippen molar-refractivity contribution in [3.05, 3.63) is 27.1 Å². The SMILES string of the molecule is CCn1nc(C(=O)O)cc(Cl)c1=O. The molecule has 0 aliphatic carbocycles. The Morgan fingerprint density at radius 2 is 2.38 bits per heavy atom.